The fraction of sp³-hybridized carbons (Fsp3) is 0.571. The van der Waals surface area contributed by atoms with Crippen LogP contribution in [0.15, 0.2) is 24.3 Å². The second-order valence-corrected chi connectivity index (χ2v) is 4.43. The molecule has 1 aromatic carbocycles. The van der Waals surface area contributed by atoms with Crippen molar-refractivity contribution in [1.29, 1.82) is 0 Å². The predicted octanol–water partition coefficient (Wildman–Crippen LogP) is 2.89. The average Bonchev–Trinajstić information content (AvgIpc) is 2.30. The topological polar surface area (TPSA) is 33.3 Å². The molecule has 0 aliphatic rings. The van der Waals surface area contributed by atoms with Gasteiger partial charge in [0.05, 0.1) is 6.10 Å². The standard InChI is InChI=1S/C14H24N2O/c1-12(2)17-14-8-6-13(7-9-14)16-11-5-4-10-15-3/h6-9,12,15-16H,4-5,10-11H2,1-3H3. The van der Waals surface area contributed by atoms with Crippen molar-refractivity contribution in [1.82, 2.24) is 5.32 Å². The minimum atomic E-state index is 0.232. The van der Waals surface area contributed by atoms with Crippen LogP contribution in [0.2, 0.25) is 0 Å². The summed E-state index contributed by atoms with van der Waals surface area (Å²) in [6, 6.07) is 8.15. The molecule has 1 rings (SSSR count). The van der Waals surface area contributed by atoms with Crippen molar-refractivity contribution in [3.63, 3.8) is 0 Å². The van der Waals surface area contributed by atoms with Crippen LogP contribution in [0.4, 0.5) is 5.69 Å². The molecule has 0 spiro atoms. The van der Waals surface area contributed by atoms with Gasteiger partial charge in [-0.2, -0.15) is 0 Å². The molecule has 0 heterocycles. The van der Waals surface area contributed by atoms with E-state index in [2.05, 4.69) is 22.8 Å². The number of ether oxygens (including phenoxy) is 1. The molecular weight excluding hydrogens is 212 g/mol. The molecular formula is C14H24N2O. The number of rotatable bonds is 8. The number of benzene rings is 1. The summed E-state index contributed by atoms with van der Waals surface area (Å²) < 4.78 is 5.59. The van der Waals surface area contributed by atoms with Crippen LogP contribution in [0.25, 0.3) is 0 Å². The van der Waals surface area contributed by atoms with Gasteiger partial charge in [-0.15, -0.1) is 0 Å². The maximum absolute atomic E-state index is 5.59. The summed E-state index contributed by atoms with van der Waals surface area (Å²) in [5, 5.41) is 6.55. The highest BCUT2D eigenvalue weighted by Gasteiger charge is 1.97. The molecule has 0 aliphatic carbocycles. The van der Waals surface area contributed by atoms with Crippen LogP contribution in [0.3, 0.4) is 0 Å². The Labute approximate surface area is 105 Å². The summed E-state index contributed by atoms with van der Waals surface area (Å²) in [6.45, 7) is 6.18. The van der Waals surface area contributed by atoms with Gasteiger partial charge in [0.15, 0.2) is 0 Å². The van der Waals surface area contributed by atoms with Crippen molar-refractivity contribution in [3.05, 3.63) is 24.3 Å². The van der Waals surface area contributed by atoms with E-state index in [0.717, 1.165) is 24.5 Å². The van der Waals surface area contributed by atoms with Gasteiger partial charge < -0.3 is 15.4 Å². The van der Waals surface area contributed by atoms with Crippen LogP contribution in [-0.2, 0) is 0 Å². The van der Waals surface area contributed by atoms with Gasteiger partial charge in [0.2, 0.25) is 0 Å². The van der Waals surface area contributed by atoms with Crippen molar-refractivity contribution in [2.75, 3.05) is 25.5 Å². The SMILES string of the molecule is CNCCCCNc1ccc(OC(C)C)cc1. The molecule has 0 unspecified atom stereocenters. The fourth-order valence-corrected chi connectivity index (χ4v) is 1.58. The van der Waals surface area contributed by atoms with Gasteiger partial charge in [-0.3, -0.25) is 0 Å². The summed E-state index contributed by atoms with van der Waals surface area (Å²) in [7, 11) is 1.99. The Morgan fingerprint density at radius 2 is 1.71 bits per heavy atom. The molecule has 3 heteroatoms. The second kappa shape index (κ2) is 7.96. The molecule has 0 saturated heterocycles. The molecule has 96 valence electrons. The summed E-state index contributed by atoms with van der Waals surface area (Å²) >= 11 is 0. The first-order valence-corrected chi connectivity index (χ1v) is 6.37. The van der Waals surface area contributed by atoms with Crippen LogP contribution >= 0.6 is 0 Å². The van der Waals surface area contributed by atoms with E-state index in [0.29, 0.717) is 0 Å². The first-order chi connectivity index (χ1) is 8.22. The average molecular weight is 236 g/mol. The van der Waals surface area contributed by atoms with E-state index in [1.807, 2.05) is 33.0 Å². The van der Waals surface area contributed by atoms with Gasteiger partial charge in [0.25, 0.3) is 0 Å². The number of anilines is 1. The lowest BCUT2D eigenvalue weighted by molar-refractivity contribution is 0.242. The maximum atomic E-state index is 5.59. The molecule has 0 aliphatic heterocycles. The van der Waals surface area contributed by atoms with Crippen LogP contribution in [0.1, 0.15) is 26.7 Å². The third kappa shape index (κ3) is 6.17. The lowest BCUT2D eigenvalue weighted by Gasteiger charge is -2.11. The Kier molecular flexibility index (Phi) is 6.48. The zero-order valence-corrected chi connectivity index (χ0v) is 11.1. The number of unbranched alkanes of at least 4 members (excludes halogenated alkanes) is 1. The Bertz CT molecular complexity index is 296. The smallest absolute Gasteiger partial charge is 0.119 e. The molecule has 17 heavy (non-hydrogen) atoms. The van der Waals surface area contributed by atoms with Crippen molar-refractivity contribution in [2.45, 2.75) is 32.8 Å². The molecule has 0 radical (unpaired) electrons. The molecule has 0 saturated carbocycles. The van der Waals surface area contributed by atoms with E-state index in [1.165, 1.54) is 12.8 Å². The van der Waals surface area contributed by atoms with Crippen molar-refractivity contribution in [2.24, 2.45) is 0 Å². The highest BCUT2D eigenvalue weighted by atomic mass is 16.5. The maximum Gasteiger partial charge on any atom is 0.119 e. The monoisotopic (exact) mass is 236 g/mol. The zero-order chi connectivity index (χ0) is 12.5. The molecule has 0 aromatic heterocycles. The van der Waals surface area contributed by atoms with Crippen LogP contribution in [0.5, 0.6) is 5.75 Å². The lowest BCUT2D eigenvalue weighted by atomic mass is 10.2. The molecule has 0 bridgehead atoms. The van der Waals surface area contributed by atoms with Gasteiger partial charge in [-0.1, -0.05) is 0 Å². The minimum Gasteiger partial charge on any atom is -0.491 e. The zero-order valence-electron chi connectivity index (χ0n) is 11.1. The second-order valence-electron chi connectivity index (χ2n) is 4.43. The predicted molar refractivity (Wildman–Crippen MR) is 73.9 cm³/mol. The molecule has 1 aromatic rings. The van der Waals surface area contributed by atoms with Gasteiger partial charge in [0, 0.05) is 12.2 Å². The molecule has 0 atom stereocenters. The normalized spacial score (nSPS) is 10.6. The Hall–Kier alpha value is -1.22. The van der Waals surface area contributed by atoms with Gasteiger partial charge >= 0.3 is 0 Å². The summed E-state index contributed by atoms with van der Waals surface area (Å²) in [4.78, 5) is 0. The van der Waals surface area contributed by atoms with E-state index in [9.17, 15) is 0 Å². The quantitative estimate of drug-likeness (QED) is 0.681. The van der Waals surface area contributed by atoms with E-state index in [4.69, 9.17) is 4.74 Å². The Balaban J connectivity index is 2.25. The Morgan fingerprint density at radius 3 is 2.29 bits per heavy atom. The van der Waals surface area contributed by atoms with Crippen LogP contribution in [0, 0.1) is 0 Å². The summed E-state index contributed by atoms with van der Waals surface area (Å²) in [5.74, 6) is 0.931. The highest BCUT2D eigenvalue weighted by Crippen LogP contribution is 2.16. The van der Waals surface area contributed by atoms with Crippen molar-refractivity contribution >= 4 is 5.69 Å². The third-order valence-electron chi connectivity index (χ3n) is 2.41. The van der Waals surface area contributed by atoms with E-state index < -0.39 is 0 Å². The van der Waals surface area contributed by atoms with Crippen LogP contribution < -0.4 is 15.4 Å². The summed E-state index contributed by atoms with van der Waals surface area (Å²) in [5.41, 5.74) is 1.16. The van der Waals surface area contributed by atoms with Crippen LogP contribution in [-0.4, -0.2) is 26.2 Å². The van der Waals surface area contributed by atoms with E-state index >= 15 is 0 Å². The molecule has 2 N–H and O–H groups in total. The van der Waals surface area contributed by atoms with E-state index in [-0.39, 0.29) is 6.10 Å². The minimum absolute atomic E-state index is 0.232. The van der Waals surface area contributed by atoms with Gasteiger partial charge in [-0.05, 0) is 64.5 Å². The molecule has 0 fully saturated rings. The number of hydrogen-bond acceptors (Lipinski definition) is 3. The van der Waals surface area contributed by atoms with Crippen molar-refractivity contribution < 1.29 is 4.74 Å². The fourth-order valence-electron chi connectivity index (χ4n) is 1.58. The first kappa shape index (κ1) is 13.8. The first-order valence-electron chi connectivity index (χ1n) is 6.37. The Morgan fingerprint density at radius 1 is 1.06 bits per heavy atom. The third-order valence-corrected chi connectivity index (χ3v) is 2.41. The molecule has 3 nitrogen and oxygen atoms in total. The largest absolute Gasteiger partial charge is 0.491 e. The lowest BCUT2D eigenvalue weighted by Crippen LogP contribution is -2.10. The van der Waals surface area contributed by atoms with Crippen molar-refractivity contribution in [3.8, 4) is 5.75 Å². The number of hydrogen-bond donors (Lipinski definition) is 2. The highest BCUT2D eigenvalue weighted by molar-refractivity contribution is 5.46. The molecule has 0 amide bonds. The van der Waals surface area contributed by atoms with Gasteiger partial charge in [0.1, 0.15) is 5.75 Å². The van der Waals surface area contributed by atoms with E-state index in [1.54, 1.807) is 0 Å². The number of nitrogens with one attached hydrogen (secondary N) is 2. The summed E-state index contributed by atoms with van der Waals surface area (Å²) in [6.07, 6.45) is 2.62. The van der Waals surface area contributed by atoms with Gasteiger partial charge in [-0.25, -0.2) is 0 Å².